The van der Waals surface area contributed by atoms with Crippen molar-refractivity contribution in [2.45, 2.75) is 13.0 Å². The standard InChI is InChI=1S/C11H16N2O/c12-5-6-13-11-3-1-2-9-4-7-14-8-10(9)11/h1-3,13H,4-8,12H2. The molecule has 14 heavy (non-hydrogen) atoms. The summed E-state index contributed by atoms with van der Waals surface area (Å²) < 4.78 is 5.45. The van der Waals surface area contributed by atoms with Gasteiger partial charge in [0.2, 0.25) is 0 Å². The van der Waals surface area contributed by atoms with Crippen LogP contribution in [0.5, 0.6) is 0 Å². The topological polar surface area (TPSA) is 47.3 Å². The molecule has 0 unspecified atom stereocenters. The van der Waals surface area contributed by atoms with E-state index < -0.39 is 0 Å². The number of hydrogen-bond acceptors (Lipinski definition) is 3. The van der Waals surface area contributed by atoms with Gasteiger partial charge >= 0.3 is 0 Å². The lowest BCUT2D eigenvalue weighted by Crippen LogP contribution is -2.17. The van der Waals surface area contributed by atoms with Crippen LogP contribution in [0.2, 0.25) is 0 Å². The molecule has 1 aliphatic heterocycles. The van der Waals surface area contributed by atoms with Crippen LogP contribution in [0.3, 0.4) is 0 Å². The third kappa shape index (κ3) is 1.89. The first-order chi connectivity index (χ1) is 6.92. The van der Waals surface area contributed by atoms with Crippen molar-refractivity contribution in [3.05, 3.63) is 29.3 Å². The van der Waals surface area contributed by atoms with Crippen LogP contribution in [-0.4, -0.2) is 19.7 Å². The number of anilines is 1. The molecule has 0 aliphatic carbocycles. The number of rotatable bonds is 3. The van der Waals surface area contributed by atoms with E-state index in [1.807, 2.05) is 0 Å². The quantitative estimate of drug-likeness (QED) is 0.754. The number of ether oxygens (including phenoxy) is 1. The second-order valence-electron chi connectivity index (χ2n) is 3.46. The van der Waals surface area contributed by atoms with Gasteiger partial charge in [0, 0.05) is 24.3 Å². The van der Waals surface area contributed by atoms with Crippen LogP contribution >= 0.6 is 0 Å². The Morgan fingerprint density at radius 1 is 1.43 bits per heavy atom. The fourth-order valence-corrected chi connectivity index (χ4v) is 1.77. The molecule has 76 valence electrons. The Hall–Kier alpha value is -1.06. The SMILES string of the molecule is NCCNc1cccc2c1COCC2. The van der Waals surface area contributed by atoms with Gasteiger partial charge in [-0.15, -0.1) is 0 Å². The molecule has 1 aliphatic rings. The summed E-state index contributed by atoms with van der Waals surface area (Å²) in [6.07, 6.45) is 1.02. The van der Waals surface area contributed by atoms with E-state index in [1.165, 1.54) is 16.8 Å². The summed E-state index contributed by atoms with van der Waals surface area (Å²) in [7, 11) is 0. The molecular weight excluding hydrogens is 176 g/mol. The molecule has 0 amide bonds. The summed E-state index contributed by atoms with van der Waals surface area (Å²) in [6, 6.07) is 6.34. The molecule has 3 N–H and O–H groups in total. The van der Waals surface area contributed by atoms with Crippen molar-refractivity contribution in [3.63, 3.8) is 0 Å². The number of benzene rings is 1. The minimum absolute atomic E-state index is 0.657. The molecule has 0 radical (unpaired) electrons. The van der Waals surface area contributed by atoms with E-state index in [9.17, 15) is 0 Å². The van der Waals surface area contributed by atoms with Crippen molar-refractivity contribution in [2.75, 3.05) is 25.0 Å². The van der Waals surface area contributed by atoms with Gasteiger partial charge in [0.1, 0.15) is 0 Å². The summed E-state index contributed by atoms with van der Waals surface area (Å²) in [5, 5.41) is 3.32. The number of hydrogen-bond donors (Lipinski definition) is 2. The predicted molar refractivity (Wildman–Crippen MR) is 57.3 cm³/mol. The Balaban J connectivity index is 2.21. The van der Waals surface area contributed by atoms with Gasteiger partial charge in [-0.3, -0.25) is 0 Å². The van der Waals surface area contributed by atoms with Crippen LogP contribution in [0, 0.1) is 0 Å². The molecule has 1 aromatic rings. The van der Waals surface area contributed by atoms with E-state index in [-0.39, 0.29) is 0 Å². The summed E-state index contributed by atoms with van der Waals surface area (Å²) in [6.45, 7) is 3.04. The Morgan fingerprint density at radius 3 is 3.21 bits per heavy atom. The molecule has 0 aromatic heterocycles. The zero-order valence-electron chi connectivity index (χ0n) is 8.25. The molecule has 0 atom stereocenters. The summed E-state index contributed by atoms with van der Waals surface area (Å²) >= 11 is 0. The maximum atomic E-state index is 5.46. The minimum Gasteiger partial charge on any atom is -0.383 e. The van der Waals surface area contributed by atoms with Gasteiger partial charge in [0.05, 0.1) is 13.2 Å². The number of nitrogens with two attached hydrogens (primary N) is 1. The number of nitrogens with one attached hydrogen (secondary N) is 1. The lowest BCUT2D eigenvalue weighted by atomic mass is 10.0. The average Bonchev–Trinajstić information content (AvgIpc) is 2.26. The van der Waals surface area contributed by atoms with Crippen LogP contribution in [0.4, 0.5) is 5.69 Å². The summed E-state index contributed by atoms with van der Waals surface area (Å²) in [5.74, 6) is 0. The van der Waals surface area contributed by atoms with Crippen molar-refractivity contribution in [1.29, 1.82) is 0 Å². The predicted octanol–water partition coefficient (Wildman–Crippen LogP) is 1.13. The van der Waals surface area contributed by atoms with E-state index in [4.69, 9.17) is 10.5 Å². The smallest absolute Gasteiger partial charge is 0.0739 e. The van der Waals surface area contributed by atoms with Crippen LogP contribution in [-0.2, 0) is 17.8 Å². The zero-order valence-corrected chi connectivity index (χ0v) is 8.25. The molecule has 0 saturated carbocycles. The highest BCUT2D eigenvalue weighted by atomic mass is 16.5. The van der Waals surface area contributed by atoms with Crippen molar-refractivity contribution < 1.29 is 4.74 Å². The van der Waals surface area contributed by atoms with Crippen molar-refractivity contribution in [2.24, 2.45) is 5.73 Å². The first-order valence-electron chi connectivity index (χ1n) is 5.04. The maximum absolute atomic E-state index is 5.46. The summed E-state index contributed by atoms with van der Waals surface area (Å²) in [4.78, 5) is 0. The third-order valence-corrected chi connectivity index (χ3v) is 2.49. The fraction of sp³-hybridized carbons (Fsp3) is 0.455. The number of fused-ring (bicyclic) bond motifs is 1. The van der Waals surface area contributed by atoms with E-state index in [2.05, 4.69) is 23.5 Å². The summed E-state index contributed by atoms with van der Waals surface area (Å²) in [5.41, 5.74) is 9.33. The van der Waals surface area contributed by atoms with Crippen LogP contribution < -0.4 is 11.1 Å². The van der Waals surface area contributed by atoms with Crippen molar-refractivity contribution in [3.8, 4) is 0 Å². The van der Waals surface area contributed by atoms with Crippen LogP contribution in [0.15, 0.2) is 18.2 Å². The lowest BCUT2D eigenvalue weighted by Gasteiger charge is -2.20. The van der Waals surface area contributed by atoms with Gasteiger partial charge in [-0.2, -0.15) is 0 Å². The third-order valence-electron chi connectivity index (χ3n) is 2.49. The highest BCUT2D eigenvalue weighted by Crippen LogP contribution is 2.24. The van der Waals surface area contributed by atoms with Crippen molar-refractivity contribution in [1.82, 2.24) is 0 Å². The first kappa shape index (κ1) is 9.49. The van der Waals surface area contributed by atoms with Gasteiger partial charge < -0.3 is 15.8 Å². The molecule has 0 fully saturated rings. The normalized spacial score (nSPS) is 14.9. The van der Waals surface area contributed by atoms with Crippen LogP contribution in [0.1, 0.15) is 11.1 Å². The van der Waals surface area contributed by atoms with Gasteiger partial charge in [0.25, 0.3) is 0 Å². The first-order valence-corrected chi connectivity index (χ1v) is 5.04. The molecule has 0 bridgehead atoms. The maximum Gasteiger partial charge on any atom is 0.0739 e. The van der Waals surface area contributed by atoms with Crippen LogP contribution in [0.25, 0.3) is 0 Å². The zero-order chi connectivity index (χ0) is 9.80. The Morgan fingerprint density at radius 2 is 2.36 bits per heavy atom. The second kappa shape index (κ2) is 4.44. The Labute approximate surface area is 84.3 Å². The molecule has 1 heterocycles. The van der Waals surface area contributed by atoms with Crippen molar-refractivity contribution >= 4 is 5.69 Å². The second-order valence-corrected chi connectivity index (χ2v) is 3.46. The van der Waals surface area contributed by atoms with Gasteiger partial charge in [0.15, 0.2) is 0 Å². The molecule has 0 saturated heterocycles. The Bertz CT molecular complexity index is 312. The fourth-order valence-electron chi connectivity index (χ4n) is 1.77. The monoisotopic (exact) mass is 192 g/mol. The molecule has 3 nitrogen and oxygen atoms in total. The van der Waals surface area contributed by atoms with E-state index in [0.29, 0.717) is 6.54 Å². The average molecular weight is 192 g/mol. The highest BCUT2D eigenvalue weighted by Gasteiger charge is 2.12. The molecular formula is C11H16N2O. The molecule has 2 rings (SSSR count). The minimum atomic E-state index is 0.657. The van der Waals surface area contributed by atoms with Gasteiger partial charge in [-0.1, -0.05) is 12.1 Å². The van der Waals surface area contributed by atoms with E-state index in [1.54, 1.807) is 0 Å². The van der Waals surface area contributed by atoms with E-state index in [0.717, 1.165) is 26.2 Å². The highest BCUT2D eigenvalue weighted by molar-refractivity contribution is 5.55. The molecule has 1 aromatic carbocycles. The largest absolute Gasteiger partial charge is 0.383 e. The van der Waals surface area contributed by atoms with Gasteiger partial charge in [-0.25, -0.2) is 0 Å². The van der Waals surface area contributed by atoms with Gasteiger partial charge in [-0.05, 0) is 18.1 Å². The molecule has 0 spiro atoms. The molecule has 3 heteroatoms. The Kier molecular flexibility index (Phi) is 3.01. The van der Waals surface area contributed by atoms with E-state index >= 15 is 0 Å². The lowest BCUT2D eigenvalue weighted by molar-refractivity contribution is 0.111.